The molecule has 39 heteroatoms. The zero-order valence-corrected chi connectivity index (χ0v) is 62.7. The lowest BCUT2D eigenvalue weighted by Gasteiger charge is -2.47. The van der Waals surface area contributed by atoms with E-state index in [2.05, 4.69) is 56.9 Å². The highest BCUT2D eigenvalue weighted by atomic mass is 31.2. The number of hydrogen-bond donors (Lipinski definition) is 7. The van der Waals surface area contributed by atoms with Gasteiger partial charge in [-0.15, -0.1) is 0 Å². The zero-order valence-electron chi connectivity index (χ0n) is 61.8. The number of nitrogens with zero attached hydrogens (tertiary/aromatic N) is 8. The molecule has 3 aromatic carbocycles. The highest BCUT2D eigenvalue weighted by Gasteiger charge is 2.58. The lowest BCUT2D eigenvalue weighted by Crippen LogP contribution is -2.64. The number of alkyl halides is 8. The van der Waals surface area contributed by atoms with Crippen LogP contribution in [0.5, 0.6) is 5.75 Å². The first kappa shape index (κ1) is 85.3. The summed E-state index contributed by atoms with van der Waals surface area (Å²) in [6.07, 6.45) is -12.6. The number of alkyl carbamates (subject to hydrolysis) is 2. The number of methoxy groups -OCH3 is 2. The van der Waals surface area contributed by atoms with E-state index in [0.717, 1.165) is 50.3 Å². The van der Waals surface area contributed by atoms with E-state index in [1.54, 1.807) is 12.2 Å². The maximum atomic E-state index is 16.9. The topological polar surface area (TPSA) is 348 Å². The summed E-state index contributed by atoms with van der Waals surface area (Å²) < 4.78 is 192. The molecule has 7 N–H and O–H groups in total. The van der Waals surface area contributed by atoms with E-state index in [4.69, 9.17) is 14.0 Å². The molecule has 0 radical (unpaired) electrons. The monoisotopic (exact) mass is 1590 g/mol. The van der Waals surface area contributed by atoms with Crippen molar-refractivity contribution in [1.29, 1.82) is 0 Å². The summed E-state index contributed by atoms with van der Waals surface area (Å²) in [4.78, 5) is 134. The van der Waals surface area contributed by atoms with Gasteiger partial charge in [-0.25, -0.2) is 47.4 Å². The Morgan fingerprint density at radius 3 is 1.84 bits per heavy atom. The maximum absolute atomic E-state index is 16.9. The molecule has 4 fully saturated rings. The molecule has 4 aliphatic heterocycles. The Hall–Kier alpha value is -9.67. The summed E-state index contributed by atoms with van der Waals surface area (Å²) in [6, 6.07) is 1.80. The number of piperazine rings is 1. The summed E-state index contributed by atoms with van der Waals surface area (Å²) in [7, 11) is -4.11. The molecule has 0 saturated carbocycles. The van der Waals surface area contributed by atoms with Crippen molar-refractivity contribution in [2.45, 2.75) is 186 Å². The predicted octanol–water partition coefficient (Wildman–Crippen LogP) is 8.72. The van der Waals surface area contributed by atoms with Gasteiger partial charge in [-0.1, -0.05) is 43.9 Å². The van der Waals surface area contributed by atoms with Gasteiger partial charge in [0.05, 0.1) is 81.0 Å². The molecule has 2 aromatic heterocycles. The number of anilines is 1. The van der Waals surface area contributed by atoms with Crippen LogP contribution in [-0.4, -0.2) is 205 Å². The van der Waals surface area contributed by atoms with Crippen LogP contribution in [0, 0.1) is 41.2 Å². The first-order chi connectivity index (χ1) is 51.8. The van der Waals surface area contributed by atoms with Crippen LogP contribution in [0.15, 0.2) is 73.2 Å². The molecule has 4 saturated heterocycles. The SMILES string of the molecule is COC(=O)N[C@H](C(=O)N[C@@H](Cc1ccc(C#Cc2cnc(N3CC4CCC(C3)N4C3COC3)nc2)cc1)[C@H](CN(Cc1c(F)cc(-c2ccn(C(F)F)n2)cc1F)NC(=O)[C@@H](NC(=O)OC)C(C)(C)C(F)(F)F)OC(=O)CC(C)(C)c1c(CC(=O)N2[C@@H](C)CC[C@H]2C(=O)O)cc(C)cc1OP(=O)(O)O)C(C)(C)C(F)(F)F. The number of rotatable bonds is 28. The Morgan fingerprint density at radius 1 is 0.757 bits per heavy atom. The second-order valence-electron chi connectivity index (χ2n) is 29.5. The fourth-order valence-corrected chi connectivity index (χ4v) is 14.6. The van der Waals surface area contributed by atoms with E-state index < -0.39 is 188 Å². The normalized spacial score (nSPS) is 18.9. The number of phosphoric ester groups is 1. The van der Waals surface area contributed by atoms with Crippen LogP contribution in [0.3, 0.4) is 0 Å². The van der Waals surface area contributed by atoms with Crippen LogP contribution in [0.25, 0.3) is 11.3 Å². The Balaban J connectivity index is 1.17. The first-order valence-corrected chi connectivity index (χ1v) is 36.5. The van der Waals surface area contributed by atoms with Crippen molar-refractivity contribution in [1.82, 2.24) is 55.9 Å². The predicted molar refractivity (Wildman–Crippen MR) is 373 cm³/mol. The fourth-order valence-electron chi connectivity index (χ4n) is 14.2. The summed E-state index contributed by atoms with van der Waals surface area (Å²) in [5.74, 6) is -4.50. The van der Waals surface area contributed by atoms with E-state index in [9.17, 15) is 52.2 Å². The van der Waals surface area contributed by atoms with Gasteiger partial charge in [-0.3, -0.25) is 39.3 Å². The highest BCUT2D eigenvalue weighted by molar-refractivity contribution is 7.46. The summed E-state index contributed by atoms with van der Waals surface area (Å²) in [5, 5.41) is 20.2. The number of amides is 5. The average Bonchev–Trinajstić information content (AvgIpc) is 1.67. The minimum atomic E-state index is -5.59. The van der Waals surface area contributed by atoms with Crippen molar-refractivity contribution in [3.63, 3.8) is 0 Å². The zero-order chi connectivity index (χ0) is 81.8. The molecule has 4 aliphatic rings. The van der Waals surface area contributed by atoms with Crippen LogP contribution in [0.2, 0.25) is 0 Å². The number of aromatic nitrogens is 4. The molecule has 111 heavy (non-hydrogen) atoms. The molecule has 2 bridgehead atoms. The number of aryl methyl sites for hydroxylation is 1. The molecule has 604 valence electrons. The number of hydrazine groups is 1. The van der Waals surface area contributed by atoms with Crippen LogP contribution >= 0.6 is 7.82 Å². The van der Waals surface area contributed by atoms with Crippen LogP contribution in [-0.2, 0) is 72.3 Å². The first-order valence-electron chi connectivity index (χ1n) is 34.9. The number of fused-ring (bicyclic) bond motifs is 2. The number of halogens is 10. The molecule has 9 rings (SSSR count). The third-order valence-electron chi connectivity index (χ3n) is 20.3. The van der Waals surface area contributed by atoms with Gasteiger partial charge >= 0.3 is 50.8 Å². The van der Waals surface area contributed by atoms with Crippen molar-refractivity contribution in [2.24, 2.45) is 10.8 Å². The van der Waals surface area contributed by atoms with E-state index in [1.807, 2.05) is 5.32 Å². The Bertz CT molecular complexity index is 4340. The number of likely N-dealkylation sites (tertiary alicyclic amines) is 1. The average molecular weight is 1600 g/mol. The molecular weight excluding hydrogens is 1510 g/mol. The van der Waals surface area contributed by atoms with E-state index in [-0.39, 0.29) is 39.8 Å². The Labute approximate surface area is 630 Å². The maximum Gasteiger partial charge on any atom is 0.524 e. The quantitative estimate of drug-likeness (QED) is 0.00614. The van der Waals surface area contributed by atoms with Crippen molar-refractivity contribution in [3.8, 4) is 28.8 Å². The molecule has 2 unspecified atom stereocenters. The van der Waals surface area contributed by atoms with Crippen molar-refractivity contribution >= 4 is 55.6 Å². The van der Waals surface area contributed by atoms with Crippen LogP contribution < -0.4 is 30.8 Å². The third-order valence-corrected chi connectivity index (χ3v) is 20.7. The van der Waals surface area contributed by atoms with Crippen molar-refractivity contribution < 1.29 is 120 Å². The van der Waals surface area contributed by atoms with Gasteiger partial charge < -0.3 is 54.3 Å². The number of carbonyl (C=O) groups excluding carboxylic acids is 6. The standard InChI is InChI=1S/C72H85F10N12O16P/c1-38-23-44(28-56(95)93-39(2)11-20-53(93)63(99)100)58(54(24-38)110-111(103,104)105)68(3,4)29-57(96)109-55(35-91(89-62(98)60(87-67(102)107-10)70(7,8)72(80,81)82)34-48-49(73)26-43(27-50(48)74)51-21-22-92(88-51)64(75)76)52(85-61(97)59(86-66(101)106-9)69(5,6)71(77,78)79)25-41-15-12-40(13-16-41)14-17-42-30-83-65(84-31-42)90-32-45-18-19-46(33-90)94(45)47-36-108-37-47/h12-13,15-16,21-24,26-27,30-31,39,45-47,52-53,55,59-60,64H,11,18-20,25,28-29,32-37H2,1-10H3,(H,85,97)(H,86,101)(H,87,102)(H,89,98)(H,99,100)(H2,103,104,105)/t39-,45?,46?,52-,53-,55-,59+,60+/m0/s1. The number of aliphatic carboxylic acids is 1. The minimum Gasteiger partial charge on any atom is -0.480 e. The molecule has 28 nitrogen and oxygen atoms in total. The van der Waals surface area contributed by atoms with Gasteiger partial charge in [-0.2, -0.15) is 40.2 Å². The van der Waals surface area contributed by atoms with Gasteiger partial charge in [0.2, 0.25) is 17.8 Å². The number of hydrogen-bond acceptors (Lipinski definition) is 19. The van der Waals surface area contributed by atoms with E-state index in [0.29, 0.717) is 106 Å². The number of phosphoric acid groups is 1. The van der Waals surface area contributed by atoms with E-state index >= 15 is 44.7 Å². The molecule has 8 atom stereocenters. The van der Waals surface area contributed by atoms with Crippen LogP contribution in [0.1, 0.15) is 126 Å². The number of carbonyl (C=O) groups is 7. The highest BCUT2D eigenvalue weighted by Crippen LogP contribution is 2.47. The summed E-state index contributed by atoms with van der Waals surface area (Å²) in [6.45, 7) is 4.40. The molecular formula is C72H85F10N12O16P. The number of esters is 1. The molecule has 5 aromatic rings. The lowest BCUT2D eigenvalue weighted by molar-refractivity contribution is -0.221. The second kappa shape index (κ2) is 34.1. The molecule has 6 heterocycles. The van der Waals surface area contributed by atoms with Crippen molar-refractivity contribution in [3.05, 3.63) is 124 Å². The number of nitrogens with one attached hydrogen (secondary N) is 4. The summed E-state index contributed by atoms with van der Waals surface area (Å²) in [5.41, 5.74) is -7.79. The smallest absolute Gasteiger partial charge is 0.480 e. The second-order valence-corrected chi connectivity index (χ2v) is 30.7. The molecule has 5 amide bonds. The number of ether oxygens (including phenoxy) is 4. The lowest BCUT2D eigenvalue weighted by atomic mass is 9.77. The molecule has 0 spiro atoms. The molecule has 0 aliphatic carbocycles. The van der Waals surface area contributed by atoms with Gasteiger partial charge in [-0.05, 0) is 127 Å². The largest absolute Gasteiger partial charge is 0.524 e. The van der Waals surface area contributed by atoms with E-state index in [1.165, 1.54) is 63.5 Å². The fraction of sp³-hybridized carbons (Fsp3) is 0.528. The van der Waals surface area contributed by atoms with Crippen LogP contribution in [0.4, 0.5) is 59.4 Å². The van der Waals surface area contributed by atoms with Crippen molar-refractivity contribution in [2.75, 3.05) is 52.0 Å². The number of benzene rings is 3. The van der Waals surface area contributed by atoms with Gasteiger partial charge in [0.25, 0.3) is 5.91 Å². The number of carboxylic acid groups (broad SMARTS) is 1. The number of carboxylic acids is 1. The Morgan fingerprint density at radius 2 is 1.32 bits per heavy atom. The van der Waals surface area contributed by atoms with Gasteiger partial charge in [0.15, 0.2) is 0 Å². The van der Waals surface area contributed by atoms with Gasteiger partial charge in [0, 0.05) is 84.0 Å². The Kier molecular flexibility index (Phi) is 26.2. The minimum absolute atomic E-state index is 0.0485. The summed E-state index contributed by atoms with van der Waals surface area (Å²) >= 11 is 0. The third kappa shape index (κ3) is 20.4. The van der Waals surface area contributed by atoms with Gasteiger partial charge in [0.1, 0.15) is 41.6 Å².